The fourth-order valence-corrected chi connectivity index (χ4v) is 2.88. The first-order valence-electron chi connectivity index (χ1n) is 7.82. The van der Waals surface area contributed by atoms with Gasteiger partial charge in [0.25, 0.3) is 5.91 Å². The Morgan fingerprint density at radius 3 is 2.85 bits per heavy atom. The molecule has 1 N–H and O–H groups in total. The molecule has 1 heterocycles. The molecule has 0 spiro atoms. The number of esters is 1. The zero-order valence-electron chi connectivity index (χ0n) is 14.0. The van der Waals surface area contributed by atoms with Gasteiger partial charge in [-0.1, -0.05) is 23.2 Å². The number of ether oxygens (including phenoxy) is 2. The second-order valence-corrected chi connectivity index (χ2v) is 6.46. The van der Waals surface area contributed by atoms with Crippen molar-refractivity contribution in [3.05, 3.63) is 46.1 Å². The van der Waals surface area contributed by atoms with E-state index in [1.165, 1.54) is 24.4 Å². The third-order valence-electron chi connectivity index (χ3n) is 3.75. The fraction of sp³-hybridized carbons (Fsp3) is 0.353. The van der Waals surface area contributed by atoms with Crippen molar-refractivity contribution in [3.63, 3.8) is 0 Å². The van der Waals surface area contributed by atoms with Gasteiger partial charge in [-0.25, -0.2) is 4.79 Å². The molecule has 0 bridgehead atoms. The molecule has 2 unspecified atom stereocenters. The van der Waals surface area contributed by atoms with Crippen molar-refractivity contribution in [2.75, 3.05) is 13.7 Å². The molecule has 0 saturated carbocycles. The molecule has 2 amide bonds. The van der Waals surface area contributed by atoms with Crippen LogP contribution in [0.1, 0.15) is 23.2 Å². The molecule has 9 heteroatoms. The summed E-state index contributed by atoms with van der Waals surface area (Å²) in [5.74, 6) is -1.06. The number of amides is 2. The summed E-state index contributed by atoms with van der Waals surface area (Å²) in [5, 5.41) is 2.67. The van der Waals surface area contributed by atoms with Gasteiger partial charge in [0.1, 0.15) is 12.8 Å². The van der Waals surface area contributed by atoms with Crippen molar-refractivity contribution in [3.8, 4) is 0 Å². The highest BCUT2D eigenvalue weighted by Gasteiger charge is 2.28. The molecule has 1 aromatic carbocycles. The highest BCUT2D eigenvalue weighted by Crippen LogP contribution is 2.24. The van der Waals surface area contributed by atoms with E-state index in [-0.39, 0.29) is 29.5 Å². The highest BCUT2D eigenvalue weighted by atomic mass is 35.5. The van der Waals surface area contributed by atoms with Crippen molar-refractivity contribution in [1.82, 2.24) is 10.2 Å². The minimum absolute atomic E-state index is 0.0947. The molecule has 0 radical (unpaired) electrons. The van der Waals surface area contributed by atoms with Crippen LogP contribution in [0.15, 0.2) is 30.5 Å². The molecular weight excluding hydrogens is 383 g/mol. The first kappa shape index (κ1) is 20.2. The van der Waals surface area contributed by atoms with Crippen LogP contribution < -0.4 is 5.32 Å². The second-order valence-electron chi connectivity index (χ2n) is 5.62. The van der Waals surface area contributed by atoms with Gasteiger partial charge >= 0.3 is 5.97 Å². The SMILES string of the molecule is CN(/C=C\C(=O)NC=O)C1CCC(COC(=O)c2ccc(Cl)cc2Cl)O1. The van der Waals surface area contributed by atoms with E-state index >= 15 is 0 Å². The Hall–Kier alpha value is -2.09. The molecule has 7 nitrogen and oxygen atoms in total. The number of carbonyl (C=O) groups excluding carboxylic acids is 3. The lowest BCUT2D eigenvalue weighted by Gasteiger charge is -2.22. The number of halogens is 2. The number of nitrogens with one attached hydrogen (secondary N) is 1. The predicted molar refractivity (Wildman–Crippen MR) is 95.7 cm³/mol. The van der Waals surface area contributed by atoms with Crippen molar-refractivity contribution in [2.24, 2.45) is 0 Å². The van der Waals surface area contributed by atoms with Crippen LogP contribution in [0.25, 0.3) is 0 Å². The van der Waals surface area contributed by atoms with Crippen LogP contribution in [-0.4, -0.2) is 49.2 Å². The quantitative estimate of drug-likeness (QED) is 0.429. The summed E-state index contributed by atoms with van der Waals surface area (Å²) in [5.41, 5.74) is 0.242. The summed E-state index contributed by atoms with van der Waals surface area (Å²) >= 11 is 11.8. The Morgan fingerprint density at radius 2 is 2.15 bits per heavy atom. The predicted octanol–water partition coefficient (Wildman–Crippen LogP) is 2.37. The van der Waals surface area contributed by atoms with Crippen LogP contribution in [-0.2, 0) is 19.1 Å². The summed E-state index contributed by atoms with van der Waals surface area (Å²) in [4.78, 5) is 35.2. The van der Waals surface area contributed by atoms with Gasteiger partial charge in [0, 0.05) is 24.3 Å². The maximum atomic E-state index is 12.1. The molecule has 1 aliphatic heterocycles. The second kappa shape index (κ2) is 9.56. The van der Waals surface area contributed by atoms with Gasteiger partial charge in [-0.3, -0.25) is 14.9 Å². The number of carbonyl (C=O) groups is 3. The Morgan fingerprint density at radius 1 is 1.38 bits per heavy atom. The van der Waals surface area contributed by atoms with E-state index in [1.807, 2.05) is 5.32 Å². The molecule has 1 fully saturated rings. The third kappa shape index (κ3) is 5.72. The third-order valence-corrected chi connectivity index (χ3v) is 4.30. The van der Waals surface area contributed by atoms with Gasteiger partial charge in [-0.05, 0) is 31.0 Å². The van der Waals surface area contributed by atoms with Crippen LogP contribution in [0.4, 0.5) is 0 Å². The topological polar surface area (TPSA) is 84.9 Å². The van der Waals surface area contributed by atoms with Gasteiger partial charge in [0.2, 0.25) is 6.41 Å². The minimum Gasteiger partial charge on any atom is -0.459 e. The summed E-state index contributed by atoms with van der Waals surface area (Å²) < 4.78 is 11.1. The lowest BCUT2D eigenvalue weighted by molar-refractivity contribution is -0.121. The van der Waals surface area contributed by atoms with Gasteiger partial charge in [0.05, 0.1) is 16.7 Å². The minimum atomic E-state index is -0.544. The van der Waals surface area contributed by atoms with Crippen LogP contribution in [0.3, 0.4) is 0 Å². The van der Waals surface area contributed by atoms with Gasteiger partial charge in [-0.15, -0.1) is 0 Å². The van der Waals surface area contributed by atoms with Crippen molar-refractivity contribution >= 4 is 41.5 Å². The van der Waals surface area contributed by atoms with Crippen molar-refractivity contribution in [1.29, 1.82) is 0 Å². The molecule has 2 rings (SSSR count). The number of hydrogen-bond acceptors (Lipinski definition) is 6. The monoisotopic (exact) mass is 400 g/mol. The molecule has 2 atom stereocenters. The molecule has 0 aromatic heterocycles. The van der Waals surface area contributed by atoms with Crippen molar-refractivity contribution < 1.29 is 23.9 Å². The molecule has 1 aromatic rings. The van der Waals surface area contributed by atoms with Crippen LogP contribution in [0, 0.1) is 0 Å². The van der Waals surface area contributed by atoms with Gasteiger partial charge in [-0.2, -0.15) is 0 Å². The summed E-state index contributed by atoms with van der Waals surface area (Å²) in [6.07, 6.45) is 3.97. The lowest BCUT2D eigenvalue weighted by atomic mass is 10.2. The van der Waals surface area contributed by atoms with E-state index in [1.54, 1.807) is 18.0 Å². The Balaban J connectivity index is 1.81. The average Bonchev–Trinajstić information content (AvgIpc) is 3.07. The Labute approximate surface area is 160 Å². The van der Waals surface area contributed by atoms with Crippen LogP contribution in [0.2, 0.25) is 10.0 Å². The smallest absolute Gasteiger partial charge is 0.339 e. The maximum Gasteiger partial charge on any atom is 0.339 e. The van der Waals surface area contributed by atoms with Crippen molar-refractivity contribution in [2.45, 2.75) is 25.2 Å². The highest BCUT2D eigenvalue weighted by molar-refractivity contribution is 6.36. The average molecular weight is 401 g/mol. The largest absolute Gasteiger partial charge is 0.459 e. The first-order valence-corrected chi connectivity index (χ1v) is 8.58. The van der Waals surface area contributed by atoms with Gasteiger partial charge < -0.3 is 14.4 Å². The maximum absolute atomic E-state index is 12.1. The normalized spacial score (nSPS) is 19.3. The van der Waals surface area contributed by atoms with E-state index in [0.717, 1.165) is 0 Å². The van der Waals surface area contributed by atoms with E-state index in [2.05, 4.69) is 0 Å². The number of benzene rings is 1. The summed E-state index contributed by atoms with van der Waals surface area (Å²) in [6.45, 7) is 0.0947. The Kier molecular flexibility index (Phi) is 7.44. The van der Waals surface area contributed by atoms with E-state index in [0.29, 0.717) is 24.3 Å². The fourth-order valence-electron chi connectivity index (χ4n) is 2.40. The Bertz CT molecular complexity index is 710. The van der Waals surface area contributed by atoms with Crippen LogP contribution >= 0.6 is 23.2 Å². The molecular formula is C17H18Cl2N2O5. The molecule has 1 saturated heterocycles. The summed E-state index contributed by atoms with van der Waals surface area (Å²) in [7, 11) is 1.75. The van der Waals surface area contributed by atoms with Crippen LogP contribution in [0.5, 0.6) is 0 Å². The van der Waals surface area contributed by atoms with Gasteiger partial charge in [0.15, 0.2) is 0 Å². The molecule has 140 valence electrons. The van der Waals surface area contributed by atoms with E-state index in [9.17, 15) is 14.4 Å². The number of rotatable bonds is 7. The zero-order chi connectivity index (χ0) is 19.1. The lowest BCUT2D eigenvalue weighted by Crippen LogP contribution is -2.29. The number of nitrogens with zero attached hydrogens (tertiary/aromatic N) is 1. The van der Waals surface area contributed by atoms with E-state index < -0.39 is 11.9 Å². The number of imide groups is 1. The molecule has 1 aliphatic rings. The molecule has 26 heavy (non-hydrogen) atoms. The summed E-state index contributed by atoms with van der Waals surface area (Å²) in [6, 6.07) is 4.55. The van der Waals surface area contributed by atoms with E-state index in [4.69, 9.17) is 32.7 Å². The molecule has 0 aliphatic carbocycles. The standard InChI is InChI=1S/C17H18Cl2N2O5/c1-21(7-6-15(23)20-10-22)16-5-3-12(26-16)9-25-17(24)13-4-2-11(18)8-14(13)19/h2,4,6-8,10,12,16H,3,5,9H2,1H3,(H,20,22,23)/b7-6-. The first-order chi connectivity index (χ1) is 12.4. The number of hydrogen-bond donors (Lipinski definition) is 1. The zero-order valence-corrected chi connectivity index (χ0v) is 15.5.